The third-order valence-electron chi connectivity index (χ3n) is 6.95. The van der Waals surface area contributed by atoms with Crippen LogP contribution in [0.5, 0.6) is 11.5 Å². The number of carbonyl (C=O) groups is 1. The average Bonchev–Trinajstić information content (AvgIpc) is 3.30. The van der Waals surface area contributed by atoms with E-state index in [2.05, 4.69) is 34.3 Å². The van der Waals surface area contributed by atoms with Crippen LogP contribution in [-0.4, -0.2) is 60.4 Å². The lowest BCUT2D eigenvalue weighted by molar-refractivity contribution is -0.135. The smallest absolute Gasteiger partial charge is 0.235 e. The fraction of sp³-hybridized carbons (Fsp3) is 0.333. The second kappa shape index (κ2) is 8.65. The quantitative estimate of drug-likeness (QED) is 0.558. The molecule has 1 aliphatic carbocycles. The summed E-state index contributed by atoms with van der Waals surface area (Å²) in [6.07, 6.45) is 5.99. The zero-order chi connectivity index (χ0) is 23.0. The molecule has 7 nitrogen and oxygen atoms in total. The highest BCUT2D eigenvalue weighted by Gasteiger charge is 2.55. The van der Waals surface area contributed by atoms with Crippen molar-refractivity contribution in [3.8, 4) is 22.8 Å². The van der Waals surface area contributed by atoms with Gasteiger partial charge in [-0.1, -0.05) is 47.6 Å². The maximum Gasteiger partial charge on any atom is 0.235 e. The highest BCUT2D eigenvalue weighted by molar-refractivity contribution is 5.91. The first-order valence-corrected chi connectivity index (χ1v) is 11.8. The second-order valence-electron chi connectivity index (χ2n) is 9.13. The number of carbonyl (C=O) groups excluding carboxylic acids is 1. The largest absolute Gasteiger partial charge is 0.454 e. The van der Waals surface area contributed by atoms with E-state index < -0.39 is 5.41 Å². The molecule has 3 aliphatic rings. The summed E-state index contributed by atoms with van der Waals surface area (Å²) in [6, 6.07) is 17.9. The number of aromatic nitrogens is 1. The number of rotatable bonds is 6. The highest BCUT2D eigenvalue weighted by Crippen LogP contribution is 2.50. The molecule has 2 fully saturated rings. The zero-order valence-corrected chi connectivity index (χ0v) is 19.0. The normalized spacial score (nSPS) is 19.0. The fourth-order valence-electron chi connectivity index (χ4n) is 4.73. The molecule has 7 heteroatoms. The van der Waals surface area contributed by atoms with E-state index in [1.807, 2.05) is 47.4 Å². The summed E-state index contributed by atoms with van der Waals surface area (Å²) in [4.78, 5) is 17.8. The molecule has 0 atom stereocenters. The van der Waals surface area contributed by atoms with Gasteiger partial charge in [0.1, 0.15) is 0 Å². The Hall–Kier alpha value is -3.58. The Morgan fingerprint density at radius 1 is 0.971 bits per heavy atom. The number of benzene rings is 2. The van der Waals surface area contributed by atoms with Gasteiger partial charge in [0.15, 0.2) is 17.3 Å². The minimum atomic E-state index is -0.534. The summed E-state index contributed by atoms with van der Waals surface area (Å²) in [5, 5.41) is 4.31. The highest BCUT2D eigenvalue weighted by atomic mass is 16.7. The van der Waals surface area contributed by atoms with Gasteiger partial charge >= 0.3 is 0 Å². The minimum Gasteiger partial charge on any atom is -0.454 e. The lowest BCUT2D eigenvalue weighted by atomic mass is 9.99. The van der Waals surface area contributed by atoms with Gasteiger partial charge in [-0.25, -0.2) is 0 Å². The van der Waals surface area contributed by atoms with Crippen molar-refractivity contribution in [2.75, 3.05) is 39.5 Å². The Kier molecular flexibility index (Phi) is 5.34. The van der Waals surface area contributed by atoms with Crippen molar-refractivity contribution in [3.63, 3.8) is 0 Å². The van der Waals surface area contributed by atoms with E-state index in [0.29, 0.717) is 11.5 Å². The van der Waals surface area contributed by atoms with Gasteiger partial charge in [0.25, 0.3) is 0 Å². The summed E-state index contributed by atoms with van der Waals surface area (Å²) in [6.45, 7) is 4.36. The number of fused-ring (bicyclic) bond motifs is 1. The summed E-state index contributed by atoms with van der Waals surface area (Å²) in [5.41, 5.74) is 2.27. The van der Waals surface area contributed by atoms with Gasteiger partial charge in [-0.3, -0.25) is 9.69 Å². The molecule has 3 heterocycles. The number of amides is 1. The van der Waals surface area contributed by atoms with Crippen molar-refractivity contribution in [1.82, 2.24) is 15.0 Å². The first kappa shape index (κ1) is 21.0. The molecule has 0 spiro atoms. The average molecular weight is 458 g/mol. The Morgan fingerprint density at radius 3 is 2.56 bits per heavy atom. The summed E-state index contributed by atoms with van der Waals surface area (Å²) in [7, 11) is 0. The third kappa shape index (κ3) is 3.96. The molecule has 1 amide bonds. The molecule has 0 unspecified atom stereocenters. The summed E-state index contributed by atoms with van der Waals surface area (Å²) < 4.78 is 16.5. The number of nitrogens with zero attached hydrogens (tertiary/aromatic N) is 3. The second-order valence-corrected chi connectivity index (χ2v) is 9.13. The first-order chi connectivity index (χ1) is 16.7. The van der Waals surface area contributed by atoms with Gasteiger partial charge < -0.3 is 18.9 Å². The lowest BCUT2D eigenvalue weighted by Gasteiger charge is -2.35. The van der Waals surface area contributed by atoms with Crippen LogP contribution in [-0.2, 0) is 10.2 Å². The Labute approximate surface area is 198 Å². The van der Waals surface area contributed by atoms with E-state index in [1.54, 1.807) is 0 Å². The van der Waals surface area contributed by atoms with Gasteiger partial charge in [-0.15, -0.1) is 0 Å². The van der Waals surface area contributed by atoms with E-state index in [-0.39, 0.29) is 12.7 Å². The Bertz CT molecular complexity index is 1210. The van der Waals surface area contributed by atoms with E-state index in [4.69, 9.17) is 14.0 Å². The van der Waals surface area contributed by atoms with E-state index in [0.717, 1.165) is 62.6 Å². The molecule has 2 aromatic carbocycles. The van der Waals surface area contributed by atoms with Crippen LogP contribution in [0.15, 0.2) is 65.2 Å². The molecule has 1 saturated heterocycles. The van der Waals surface area contributed by atoms with Gasteiger partial charge in [-0.05, 0) is 36.6 Å². The Morgan fingerprint density at radius 2 is 1.76 bits per heavy atom. The van der Waals surface area contributed by atoms with Crippen molar-refractivity contribution in [1.29, 1.82) is 0 Å². The third-order valence-corrected chi connectivity index (χ3v) is 6.95. The van der Waals surface area contributed by atoms with Gasteiger partial charge in [-0.2, -0.15) is 0 Å². The molecule has 174 valence electrons. The van der Waals surface area contributed by atoms with E-state index in [9.17, 15) is 4.79 Å². The van der Waals surface area contributed by atoms with Crippen LogP contribution in [0.25, 0.3) is 17.4 Å². The number of ether oxygens (including phenoxy) is 2. The van der Waals surface area contributed by atoms with Crippen molar-refractivity contribution in [3.05, 3.63) is 71.9 Å². The van der Waals surface area contributed by atoms with Crippen LogP contribution in [0.3, 0.4) is 0 Å². The monoisotopic (exact) mass is 457 g/mol. The molecule has 0 radical (unpaired) electrons. The SMILES string of the molecule is O=C(N1CCN(CC=Cc2ccccc2)CC1)C1(c2cc(-c3ccc4c(c3)OCO4)on2)CC1. The van der Waals surface area contributed by atoms with Gasteiger partial charge in [0.2, 0.25) is 12.7 Å². The summed E-state index contributed by atoms with van der Waals surface area (Å²) >= 11 is 0. The molecule has 0 bridgehead atoms. The number of hydrogen-bond donors (Lipinski definition) is 0. The first-order valence-electron chi connectivity index (χ1n) is 11.8. The molecule has 3 aromatic rings. The predicted molar refractivity (Wildman–Crippen MR) is 127 cm³/mol. The van der Waals surface area contributed by atoms with Crippen LogP contribution in [0.1, 0.15) is 24.1 Å². The molecule has 1 aromatic heterocycles. The molecule has 0 N–H and O–H groups in total. The molecular formula is C27H27N3O4. The number of hydrogen-bond acceptors (Lipinski definition) is 6. The lowest BCUT2D eigenvalue weighted by Crippen LogP contribution is -2.51. The fourth-order valence-corrected chi connectivity index (χ4v) is 4.73. The van der Waals surface area contributed by atoms with Crippen LogP contribution in [0.4, 0.5) is 0 Å². The van der Waals surface area contributed by atoms with Gasteiger partial charge in [0.05, 0.1) is 11.1 Å². The molecule has 34 heavy (non-hydrogen) atoms. The standard InChI is InChI=1S/C27H27N3O4/c31-26(30-15-13-29(14-16-30)12-4-7-20-5-2-1-3-6-20)27(10-11-27)25-18-23(34-28-25)21-8-9-22-24(17-21)33-19-32-22/h1-9,17-18H,10-16,19H2. The van der Waals surface area contributed by atoms with E-state index in [1.165, 1.54) is 5.56 Å². The Balaban J connectivity index is 1.08. The van der Waals surface area contributed by atoms with Crippen LogP contribution >= 0.6 is 0 Å². The van der Waals surface area contributed by atoms with Crippen LogP contribution in [0.2, 0.25) is 0 Å². The van der Waals surface area contributed by atoms with Crippen molar-refractivity contribution < 1.29 is 18.8 Å². The van der Waals surface area contributed by atoms with Gasteiger partial charge in [0, 0.05) is 44.4 Å². The molecule has 6 rings (SSSR count). The topological polar surface area (TPSA) is 68.0 Å². The molecule has 1 saturated carbocycles. The summed E-state index contributed by atoms with van der Waals surface area (Å²) in [5.74, 6) is 2.25. The molecular weight excluding hydrogens is 430 g/mol. The minimum absolute atomic E-state index is 0.178. The predicted octanol–water partition coefficient (Wildman–Crippen LogP) is 3.96. The maximum absolute atomic E-state index is 13.5. The van der Waals surface area contributed by atoms with Crippen molar-refractivity contribution >= 4 is 12.0 Å². The van der Waals surface area contributed by atoms with Crippen LogP contribution < -0.4 is 9.47 Å². The van der Waals surface area contributed by atoms with Crippen LogP contribution in [0, 0.1) is 0 Å². The maximum atomic E-state index is 13.5. The van der Waals surface area contributed by atoms with E-state index >= 15 is 0 Å². The zero-order valence-electron chi connectivity index (χ0n) is 19.0. The van der Waals surface area contributed by atoms with Crippen molar-refractivity contribution in [2.24, 2.45) is 0 Å². The molecule has 2 aliphatic heterocycles. The number of piperazine rings is 1. The van der Waals surface area contributed by atoms with Crippen molar-refractivity contribution in [2.45, 2.75) is 18.3 Å².